The van der Waals surface area contributed by atoms with E-state index in [0.717, 1.165) is 24.4 Å². The van der Waals surface area contributed by atoms with Crippen molar-refractivity contribution in [3.63, 3.8) is 0 Å². The molecule has 3 nitrogen and oxygen atoms in total. The number of rotatable bonds is 4. The number of halogens is 2. The zero-order valence-electron chi connectivity index (χ0n) is 12.8. The molecule has 3 rings (SSSR count). The molecule has 1 aromatic heterocycles. The van der Waals surface area contributed by atoms with Crippen LogP contribution < -0.4 is 4.80 Å². The topological polar surface area (TPSA) is 34.4 Å². The highest BCUT2D eigenvalue weighted by atomic mass is 79.9. The molecule has 1 amide bonds. The Hall–Kier alpha value is -1.08. The average Bonchev–Trinajstić information content (AvgIpc) is 2.84. The monoisotopic (exact) mass is 440 g/mol. The largest absolute Gasteiger partial charge is 0.319 e. The first kappa shape index (κ1) is 17.7. The number of thioether (sulfide) groups is 1. The molecule has 0 bridgehead atoms. The maximum Gasteiger partial charge on any atom is 0.249 e. The Balaban J connectivity index is 1.68. The van der Waals surface area contributed by atoms with Crippen LogP contribution in [0.5, 0.6) is 0 Å². The summed E-state index contributed by atoms with van der Waals surface area (Å²) < 4.78 is 4.08. The summed E-state index contributed by atoms with van der Waals surface area (Å²) in [6, 6.07) is 13.7. The zero-order chi connectivity index (χ0) is 17.1. The Kier molecular flexibility index (Phi) is 5.81. The molecule has 0 spiro atoms. The number of carbonyl (C=O) groups excluding carboxylic acids is 1. The lowest BCUT2D eigenvalue weighted by Gasteiger charge is -1.99. The number of nitrogens with zero attached hydrogens (tertiary/aromatic N) is 2. The lowest BCUT2D eigenvalue weighted by molar-refractivity contribution is -0.117. The molecule has 24 heavy (non-hydrogen) atoms. The fourth-order valence-corrected chi connectivity index (χ4v) is 4.72. The molecule has 0 radical (unpaired) electrons. The summed E-state index contributed by atoms with van der Waals surface area (Å²) in [5.74, 6) is 0.599. The summed E-state index contributed by atoms with van der Waals surface area (Å²) in [6.07, 6.45) is 0.408. The quantitative estimate of drug-likeness (QED) is 0.517. The molecule has 1 heterocycles. The Labute approximate surface area is 161 Å². The number of hydrogen-bond donors (Lipinski definition) is 0. The van der Waals surface area contributed by atoms with Crippen molar-refractivity contribution in [2.75, 3.05) is 5.75 Å². The molecular weight excluding hydrogens is 428 g/mol. The van der Waals surface area contributed by atoms with E-state index in [-0.39, 0.29) is 5.91 Å². The number of aromatic nitrogens is 1. The van der Waals surface area contributed by atoms with E-state index in [4.69, 9.17) is 11.6 Å². The second kappa shape index (κ2) is 7.87. The van der Waals surface area contributed by atoms with E-state index >= 15 is 0 Å². The maximum atomic E-state index is 12.1. The van der Waals surface area contributed by atoms with Crippen molar-refractivity contribution in [2.45, 2.75) is 11.3 Å². The summed E-state index contributed by atoms with van der Waals surface area (Å²) in [5.41, 5.74) is 1.07. The summed E-state index contributed by atoms with van der Waals surface area (Å²) in [6.45, 7) is 0. The van der Waals surface area contributed by atoms with Crippen LogP contribution in [0.15, 0.2) is 56.8 Å². The van der Waals surface area contributed by atoms with Gasteiger partial charge in [0.2, 0.25) is 5.91 Å². The van der Waals surface area contributed by atoms with Crippen molar-refractivity contribution in [1.82, 2.24) is 4.57 Å². The summed E-state index contributed by atoms with van der Waals surface area (Å²) >= 11 is 12.5. The van der Waals surface area contributed by atoms with Gasteiger partial charge < -0.3 is 4.57 Å². The molecule has 124 valence electrons. The van der Waals surface area contributed by atoms with Crippen LogP contribution in [-0.4, -0.2) is 16.2 Å². The highest BCUT2D eigenvalue weighted by Crippen LogP contribution is 2.22. The van der Waals surface area contributed by atoms with Crippen LogP contribution >= 0.6 is 50.6 Å². The SMILES string of the molecule is Cn1c(=NC(=O)CCSc2ccc(Cl)cc2)sc2cc(Br)ccc21. The second-order valence-electron chi connectivity index (χ2n) is 5.11. The van der Waals surface area contributed by atoms with Gasteiger partial charge in [-0.1, -0.05) is 38.9 Å². The lowest BCUT2D eigenvalue weighted by Crippen LogP contribution is -2.13. The Morgan fingerprint density at radius 1 is 1.29 bits per heavy atom. The molecular formula is C17H14BrClN2OS2. The first-order valence-corrected chi connectivity index (χ1v) is 10.2. The van der Waals surface area contributed by atoms with Crippen LogP contribution in [0.3, 0.4) is 0 Å². The smallest absolute Gasteiger partial charge is 0.249 e. The number of carbonyl (C=O) groups is 1. The van der Waals surface area contributed by atoms with Crippen LogP contribution in [0.2, 0.25) is 5.02 Å². The second-order valence-corrected chi connectivity index (χ2v) is 8.64. The minimum Gasteiger partial charge on any atom is -0.319 e. The predicted molar refractivity (Wildman–Crippen MR) is 106 cm³/mol. The molecule has 0 atom stereocenters. The standard InChI is InChI=1S/C17H14BrClN2OS2/c1-21-14-7-2-11(18)10-15(14)24-17(21)20-16(22)8-9-23-13-5-3-12(19)4-6-13/h2-7,10H,8-9H2,1H3. The Bertz CT molecular complexity index is 947. The van der Waals surface area contributed by atoms with E-state index in [1.54, 1.807) is 11.8 Å². The minimum absolute atomic E-state index is 0.0994. The zero-order valence-corrected chi connectivity index (χ0v) is 16.8. The van der Waals surface area contributed by atoms with Gasteiger partial charge in [0.15, 0.2) is 4.80 Å². The maximum absolute atomic E-state index is 12.1. The third kappa shape index (κ3) is 4.30. The van der Waals surface area contributed by atoms with Crippen LogP contribution in [0.25, 0.3) is 10.2 Å². The van der Waals surface area contributed by atoms with Crippen molar-refractivity contribution in [1.29, 1.82) is 0 Å². The first-order valence-electron chi connectivity index (χ1n) is 7.24. The molecule has 0 aliphatic carbocycles. The van der Waals surface area contributed by atoms with Crippen molar-refractivity contribution in [2.24, 2.45) is 12.0 Å². The molecule has 3 aromatic rings. The van der Waals surface area contributed by atoms with Gasteiger partial charge in [0.25, 0.3) is 0 Å². The van der Waals surface area contributed by atoms with E-state index in [1.165, 1.54) is 11.3 Å². The van der Waals surface area contributed by atoms with Crippen LogP contribution in [-0.2, 0) is 11.8 Å². The normalized spacial score (nSPS) is 12.0. The van der Waals surface area contributed by atoms with Crippen molar-refractivity contribution < 1.29 is 4.79 Å². The van der Waals surface area contributed by atoms with Gasteiger partial charge in [-0.2, -0.15) is 4.99 Å². The fourth-order valence-electron chi connectivity index (χ4n) is 2.16. The first-order chi connectivity index (χ1) is 11.5. The molecule has 0 fully saturated rings. The molecule has 0 saturated heterocycles. The van der Waals surface area contributed by atoms with E-state index in [0.29, 0.717) is 17.2 Å². The van der Waals surface area contributed by atoms with Gasteiger partial charge in [-0.15, -0.1) is 11.8 Å². The van der Waals surface area contributed by atoms with Gasteiger partial charge in [0, 0.05) is 33.6 Å². The third-order valence-corrected chi connectivity index (χ3v) is 6.24. The summed E-state index contributed by atoms with van der Waals surface area (Å²) in [7, 11) is 1.93. The number of aryl methyl sites for hydroxylation is 1. The Morgan fingerprint density at radius 3 is 2.79 bits per heavy atom. The van der Waals surface area contributed by atoms with Crippen molar-refractivity contribution in [3.05, 3.63) is 56.8 Å². The lowest BCUT2D eigenvalue weighted by atomic mass is 10.3. The minimum atomic E-state index is -0.0994. The molecule has 0 unspecified atom stereocenters. The molecule has 2 aromatic carbocycles. The van der Waals surface area contributed by atoms with Crippen molar-refractivity contribution >= 4 is 66.8 Å². The number of hydrogen-bond acceptors (Lipinski definition) is 3. The van der Waals surface area contributed by atoms with Crippen molar-refractivity contribution in [3.8, 4) is 0 Å². The van der Waals surface area contributed by atoms with Gasteiger partial charge in [0.05, 0.1) is 10.2 Å². The number of benzene rings is 2. The third-order valence-electron chi connectivity index (χ3n) is 3.39. The van der Waals surface area contributed by atoms with Gasteiger partial charge in [0.1, 0.15) is 0 Å². The molecule has 0 N–H and O–H groups in total. The molecule has 0 saturated carbocycles. The molecule has 0 aliphatic rings. The predicted octanol–water partition coefficient (Wildman–Crippen LogP) is 5.27. The van der Waals surface area contributed by atoms with E-state index in [2.05, 4.69) is 20.9 Å². The summed E-state index contributed by atoms with van der Waals surface area (Å²) in [4.78, 5) is 18.2. The highest BCUT2D eigenvalue weighted by molar-refractivity contribution is 9.10. The van der Waals surface area contributed by atoms with Gasteiger partial charge in [-0.25, -0.2) is 0 Å². The van der Waals surface area contributed by atoms with E-state index < -0.39 is 0 Å². The summed E-state index contributed by atoms with van der Waals surface area (Å²) in [5, 5.41) is 0.717. The number of thiazole rings is 1. The van der Waals surface area contributed by atoms with Gasteiger partial charge >= 0.3 is 0 Å². The van der Waals surface area contributed by atoms with Gasteiger partial charge in [-0.05, 0) is 42.5 Å². The average molecular weight is 442 g/mol. The number of fused-ring (bicyclic) bond motifs is 1. The van der Waals surface area contributed by atoms with E-state index in [9.17, 15) is 4.79 Å². The van der Waals surface area contributed by atoms with Crippen LogP contribution in [0.1, 0.15) is 6.42 Å². The van der Waals surface area contributed by atoms with Crippen LogP contribution in [0.4, 0.5) is 0 Å². The Morgan fingerprint density at radius 2 is 2.04 bits per heavy atom. The number of amides is 1. The van der Waals surface area contributed by atoms with Gasteiger partial charge in [-0.3, -0.25) is 4.79 Å². The van der Waals surface area contributed by atoms with Crippen LogP contribution in [0, 0.1) is 0 Å². The molecule has 0 aliphatic heterocycles. The highest BCUT2D eigenvalue weighted by Gasteiger charge is 2.06. The molecule has 7 heteroatoms. The van der Waals surface area contributed by atoms with E-state index in [1.807, 2.05) is 54.1 Å². The fraction of sp³-hybridized carbons (Fsp3) is 0.176.